The fourth-order valence-electron chi connectivity index (χ4n) is 1.73. The van der Waals surface area contributed by atoms with E-state index in [1.54, 1.807) is 25.3 Å². The van der Waals surface area contributed by atoms with Crippen molar-refractivity contribution >= 4 is 27.6 Å². The van der Waals surface area contributed by atoms with Gasteiger partial charge in [-0.3, -0.25) is 0 Å². The van der Waals surface area contributed by atoms with Crippen LogP contribution >= 0.6 is 15.9 Å². The van der Waals surface area contributed by atoms with Gasteiger partial charge in [-0.2, -0.15) is 0 Å². The number of urea groups is 1. The second-order valence-corrected chi connectivity index (χ2v) is 5.67. The van der Waals surface area contributed by atoms with Crippen LogP contribution in [0.1, 0.15) is 12.8 Å². The van der Waals surface area contributed by atoms with Gasteiger partial charge < -0.3 is 20.5 Å². The van der Waals surface area contributed by atoms with E-state index in [4.69, 9.17) is 9.84 Å². The van der Waals surface area contributed by atoms with Crippen molar-refractivity contribution in [2.75, 3.05) is 25.6 Å². The number of hydrogen-bond donors (Lipinski definition) is 3. The minimum atomic E-state index is -0.273. The number of amides is 2. The molecule has 2 rings (SSSR count). The van der Waals surface area contributed by atoms with E-state index in [0.29, 0.717) is 12.2 Å². The van der Waals surface area contributed by atoms with Gasteiger partial charge in [0.15, 0.2) is 0 Å². The number of carbonyl (C=O) groups excluding carboxylic acids is 1. The van der Waals surface area contributed by atoms with E-state index in [9.17, 15) is 4.79 Å². The molecule has 0 saturated heterocycles. The van der Waals surface area contributed by atoms with Crippen molar-refractivity contribution in [3.8, 4) is 5.75 Å². The van der Waals surface area contributed by atoms with Crippen molar-refractivity contribution < 1.29 is 14.6 Å². The molecule has 1 fully saturated rings. The van der Waals surface area contributed by atoms with E-state index in [2.05, 4.69) is 26.6 Å². The molecular formula is C13H17BrN2O3. The van der Waals surface area contributed by atoms with Gasteiger partial charge in [-0.05, 0) is 47.0 Å². The number of halogens is 1. The van der Waals surface area contributed by atoms with E-state index >= 15 is 0 Å². The number of nitrogens with one attached hydrogen (secondary N) is 2. The van der Waals surface area contributed by atoms with Gasteiger partial charge in [0, 0.05) is 16.4 Å². The summed E-state index contributed by atoms with van der Waals surface area (Å²) in [5.41, 5.74) is 0.584. The molecule has 6 heteroatoms. The number of methoxy groups -OCH3 is 1. The molecule has 0 aromatic heterocycles. The summed E-state index contributed by atoms with van der Waals surface area (Å²) in [7, 11) is 1.59. The third-order valence-electron chi connectivity index (χ3n) is 3.34. The van der Waals surface area contributed by atoms with Gasteiger partial charge in [-0.25, -0.2) is 4.79 Å². The Bertz CT molecular complexity index is 475. The molecule has 19 heavy (non-hydrogen) atoms. The molecule has 5 nitrogen and oxygen atoms in total. The Balaban J connectivity index is 1.88. The molecule has 0 spiro atoms. The van der Waals surface area contributed by atoms with Crippen LogP contribution in [0.5, 0.6) is 5.75 Å². The Morgan fingerprint density at radius 1 is 1.53 bits per heavy atom. The summed E-state index contributed by atoms with van der Waals surface area (Å²) in [6, 6.07) is 5.05. The maximum Gasteiger partial charge on any atom is 0.319 e. The second-order valence-electron chi connectivity index (χ2n) is 4.81. The normalized spacial score (nSPS) is 15.7. The first-order valence-electron chi connectivity index (χ1n) is 6.08. The third-order valence-corrected chi connectivity index (χ3v) is 4.00. The Morgan fingerprint density at radius 2 is 2.26 bits per heavy atom. The zero-order valence-electron chi connectivity index (χ0n) is 10.7. The van der Waals surface area contributed by atoms with Crippen LogP contribution in [0.25, 0.3) is 0 Å². The van der Waals surface area contributed by atoms with E-state index in [0.717, 1.165) is 23.1 Å². The smallest absolute Gasteiger partial charge is 0.319 e. The molecule has 1 aliphatic rings. The minimum absolute atomic E-state index is 0.0888. The van der Waals surface area contributed by atoms with Gasteiger partial charge in [0.05, 0.1) is 19.4 Å². The molecular weight excluding hydrogens is 312 g/mol. The zero-order valence-corrected chi connectivity index (χ0v) is 12.3. The van der Waals surface area contributed by atoms with Crippen LogP contribution in [0.3, 0.4) is 0 Å². The van der Waals surface area contributed by atoms with Crippen LogP contribution < -0.4 is 15.4 Å². The first-order chi connectivity index (χ1) is 9.08. The van der Waals surface area contributed by atoms with Crippen molar-refractivity contribution in [3.05, 3.63) is 22.7 Å². The van der Waals surface area contributed by atoms with Gasteiger partial charge in [-0.15, -0.1) is 0 Å². The molecule has 2 amide bonds. The summed E-state index contributed by atoms with van der Waals surface area (Å²) in [4.78, 5) is 11.8. The molecule has 0 aliphatic heterocycles. The van der Waals surface area contributed by atoms with Gasteiger partial charge in [0.1, 0.15) is 5.75 Å². The second kappa shape index (κ2) is 5.79. The summed E-state index contributed by atoms with van der Waals surface area (Å²) >= 11 is 3.37. The van der Waals surface area contributed by atoms with Gasteiger partial charge in [0.2, 0.25) is 0 Å². The number of anilines is 1. The lowest BCUT2D eigenvalue weighted by atomic mass is 10.1. The van der Waals surface area contributed by atoms with Crippen LogP contribution in [0.15, 0.2) is 22.7 Å². The maximum absolute atomic E-state index is 11.8. The van der Waals surface area contributed by atoms with Crippen molar-refractivity contribution in [3.63, 3.8) is 0 Å². The maximum atomic E-state index is 11.8. The average molecular weight is 329 g/mol. The van der Waals surface area contributed by atoms with Crippen molar-refractivity contribution in [2.45, 2.75) is 12.8 Å². The van der Waals surface area contributed by atoms with Gasteiger partial charge in [0.25, 0.3) is 0 Å². The largest absolute Gasteiger partial charge is 0.497 e. The first-order valence-corrected chi connectivity index (χ1v) is 6.87. The van der Waals surface area contributed by atoms with E-state index in [-0.39, 0.29) is 18.1 Å². The molecule has 0 unspecified atom stereocenters. The Kier molecular flexibility index (Phi) is 4.31. The van der Waals surface area contributed by atoms with Gasteiger partial charge in [-0.1, -0.05) is 0 Å². The lowest BCUT2D eigenvalue weighted by molar-refractivity contribution is 0.206. The lowest BCUT2D eigenvalue weighted by Gasteiger charge is -2.14. The van der Waals surface area contributed by atoms with Crippen LogP contribution in [0.4, 0.5) is 10.5 Å². The summed E-state index contributed by atoms with van der Waals surface area (Å²) in [6.45, 7) is 0.628. The van der Waals surface area contributed by atoms with E-state index in [1.165, 1.54) is 0 Å². The molecule has 3 N–H and O–H groups in total. The number of benzene rings is 1. The first kappa shape index (κ1) is 14.1. The molecule has 104 valence electrons. The molecule has 1 saturated carbocycles. The summed E-state index contributed by atoms with van der Waals surface area (Å²) in [6.07, 6.45) is 1.94. The van der Waals surface area contributed by atoms with Crippen molar-refractivity contribution in [2.24, 2.45) is 5.41 Å². The highest BCUT2D eigenvalue weighted by Crippen LogP contribution is 2.44. The summed E-state index contributed by atoms with van der Waals surface area (Å²) in [5, 5.41) is 14.7. The van der Waals surface area contributed by atoms with Crippen molar-refractivity contribution in [1.82, 2.24) is 5.32 Å². The predicted molar refractivity (Wildman–Crippen MR) is 76.5 cm³/mol. The molecule has 1 aromatic rings. The highest BCUT2D eigenvalue weighted by atomic mass is 79.9. The van der Waals surface area contributed by atoms with E-state index in [1.807, 2.05) is 0 Å². The predicted octanol–water partition coefficient (Wildman–Crippen LogP) is 2.35. The van der Waals surface area contributed by atoms with Crippen LogP contribution in [-0.2, 0) is 0 Å². The Hall–Kier alpha value is -1.27. The highest BCUT2D eigenvalue weighted by Gasteiger charge is 2.42. The molecule has 0 heterocycles. The summed E-state index contributed by atoms with van der Waals surface area (Å²) < 4.78 is 5.84. The van der Waals surface area contributed by atoms with E-state index < -0.39 is 0 Å². The van der Waals surface area contributed by atoms with Gasteiger partial charge >= 0.3 is 6.03 Å². The number of ether oxygens (including phenoxy) is 1. The SMILES string of the molecule is COc1ccc(NC(=O)NCC2(CO)CC2)c(Br)c1. The molecule has 0 bridgehead atoms. The number of rotatable bonds is 5. The van der Waals surface area contributed by atoms with Crippen LogP contribution in [0.2, 0.25) is 0 Å². The Labute approximate surface area is 120 Å². The zero-order chi connectivity index (χ0) is 13.9. The monoisotopic (exact) mass is 328 g/mol. The molecule has 0 radical (unpaired) electrons. The number of aliphatic hydroxyl groups excluding tert-OH is 1. The fourth-order valence-corrected chi connectivity index (χ4v) is 2.18. The fraction of sp³-hybridized carbons (Fsp3) is 0.462. The van der Waals surface area contributed by atoms with Crippen LogP contribution in [0, 0.1) is 5.41 Å². The average Bonchev–Trinajstić information content (AvgIpc) is 3.19. The minimum Gasteiger partial charge on any atom is -0.497 e. The molecule has 1 aliphatic carbocycles. The molecule has 0 atom stereocenters. The topological polar surface area (TPSA) is 70.6 Å². The van der Waals surface area contributed by atoms with Crippen LogP contribution in [-0.4, -0.2) is 31.4 Å². The van der Waals surface area contributed by atoms with Crippen molar-refractivity contribution in [1.29, 1.82) is 0 Å². The lowest BCUT2D eigenvalue weighted by Crippen LogP contribution is -2.35. The standard InChI is InChI=1S/C13H17BrN2O3/c1-19-9-2-3-11(10(14)6-9)16-12(18)15-7-13(8-17)4-5-13/h2-3,6,17H,4-5,7-8H2,1H3,(H2,15,16,18). The number of hydrogen-bond acceptors (Lipinski definition) is 3. The highest BCUT2D eigenvalue weighted by molar-refractivity contribution is 9.10. The Morgan fingerprint density at radius 3 is 2.79 bits per heavy atom. The molecule has 1 aromatic carbocycles. The quantitative estimate of drug-likeness (QED) is 0.777. The third kappa shape index (κ3) is 3.61. The number of aliphatic hydroxyl groups is 1. The number of carbonyl (C=O) groups is 1. The summed E-state index contributed by atoms with van der Waals surface area (Å²) in [5.74, 6) is 0.718.